The molecule has 0 saturated heterocycles. The van der Waals surface area contributed by atoms with Gasteiger partial charge in [-0.2, -0.15) is 0 Å². The van der Waals surface area contributed by atoms with Crippen LogP contribution in [0.25, 0.3) is 0 Å². The maximum Gasteiger partial charge on any atom is 0.350 e. The number of aromatic nitrogens is 2. The zero-order chi connectivity index (χ0) is 17.7. The maximum absolute atomic E-state index is 12.3. The second-order valence-corrected chi connectivity index (χ2v) is 6.09. The summed E-state index contributed by atoms with van der Waals surface area (Å²) in [5, 5.41) is 0.608. The Morgan fingerprint density at radius 3 is 2.71 bits per heavy atom. The van der Waals surface area contributed by atoms with Crippen molar-refractivity contribution in [2.45, 2.75) is 33.0 Å². The summed E-state index contributed by atoms with van der Waals surface area (Å²) >= 11 is 5.92. The average Bonchev–Trinajstić information content (AvgIpc) is 2.55. The van der Waals surface area contributed by atoms with E-state index in [4.69, 9.17) is 25.8 Å². The molecule has 1 heterocycles. The van der Waals surface area contributed by atoms with E-state index in [2.05, 4.69) is 9.97 Å². The molecule has 128 valence electrons. The van der Waals surface area contributed by atoms with E-state index in [9.17, 15) is 4.79 Å². The lowest BCUT2D eigenvalue weighted by atomic mass is 10.1. The highest BCUT2D eigenvalue weighted by Gasteiger charge is 2.32. The van der Waals surface area contributed by atoms with Crippen LogP contribution < -0.4 is 9.47 Å². The van der Waals surface area contributed by atoms with E-state index in [-0.39, 0.29) is 6.61 Å². The van der Waals surface area contributed by atoms with Crippen LogP contribution in [0, 0.1) is 6.92 Å². The van der Waals surface area contributed by atoms with Crippen molar-refractivity contribution in [3.63, 3.8) is 0 Å². The fourth-order valence-electron chi connectivity index (χ4n) is 1.91. The van der Waals surface area contributed by atoms with Crippen molar-refractivity contribution >= 4 is 17.6 Å². The summed E-state index contributed by atoms with van der Waals surface area (Å²) in [5.74, 6) is 0.417. The first-order valence-corrected chi connectivity index (χ1v) is 7.67. The summed E-state index contributed by atoms with van der Waals surface area (Å²) in [4.78, 5) is 20.4. The minimum Gasteiger partial charge on any atom is -0.480 e. The van der Waals surface area contributed by atoms with Gasteiger partial charge < -0.3 is 14.2 Å². The lowest BCUT2D eigenvalue weighted by molar-refractivity contribution is -0.160. The Labute approximate surface area is 145 Å². The largest absolute Gasteiger partial charge is 0.480 e. The fourth-order valence-corrected chi connectivity index (χ4v) is 2.14. The predicted octanol–water partition coefficient (Wildman–Crippen LogP) is 3.35. The van der Waals surface area contributed by atoms with Crippen molar-refractivity contribution in [1.29, 1.82) is 0 Å². The van der Waals surface area contributed by atoms with Gasteiger partial charge in [0.05, 0.1) is 19.5 Å². The number of carbonyl (C=O) groups excluding carboxylic acids is 1. The van der Waals surface area contributed by atoms with Crippen LogP contribution in [0.3, 0.4) is 0 Å². The van der Waals surface area contributed by atoms with Crippen molar-refractivity contribution < 1.29 is 19.0 Å². The molecule has 0 unspecified atom stereocenters. The van der Waals surface area contributed by atoms with Crippen LogP contribution in [0.1, 0.15) is 25.1 Å². The zero-order valence-electron chi connectivity index (χ0n) is 14.0. The summed E-state index contributed by atoms with van der Waals surface area (Å²) in [5.41, 5.74) is 0.161. The molecular formula is C17H19ClN2O4. The van der Waals surface area contributed by atoms with Crippen molar-refractivity contribution in [3.05, 3.63) is 46.9 Å². The van der Waals surface area contributed by atoms with Crippen molar-refractivity contribution in [2.75, 3.05) is 7.11 Å². The molecule has 6 nitrogen and oxygen atoms in total. The van der Waals surface area contributed by atoms with Gasteiger partial charge in [0.1, 0.15) is 18.1 Å². The first-order chi connectivity index (χ1) is 11.3. The van der Waals surface area contributed by atoms with Crippen LogP contribution in [0.5, 0.6) is 11.6 Å². The number of nitrogens with zero attached hydrogens (tertiary/aromatic N) is 2. The molecule has 0 aliphatic heterocycles. The van der Waals surface area contributed by atoms with Gasteiger partial charge in [-0.05, 0) is 44.5 Å². The predicted molar refractivity (Wildman–Crippen MR) is 89.3 cm³/mol. The first kappa shape index (κ1) is 18.0. The smallest absolute Gasteiger partial charge is 0.350 e. The molecule has 0 aliphatic rings. The Kier molecular flexibility index (Phi) is 5.62. The van der Waals surface area contributed by atoms with Crippen LogP contribution >= 0.6 is 11.6 Å². The quantitative estimate of drug-likeness (QED) is 0.744. The van der Waals surface area contributed by atoms with Crippen molar-refractivity contribution in [2.24, 2.45) is 0 Å². The normalized spacial score (nSPS) is 11.0. The number of carbonyl (C=O) groups is 1. The summed E-state index contributed by atoms with van der Waals surface area (Å²) in [7, 11) is 1.49. The van der Waals surface area contributed by atoms with Crippen LogP contribution in [-0.2, 0) is 16.1 Å². The molecule has 0 N–H and O–H groups in total. The highest BCUT2D eigenvalue weighted by molar-refractivity contribution is 6.30. The Morgan fingerprint density at radius 2 is 2.04 bits per heavy atom. The van der Waals surface area contributed by atoms with Gasteiger partial charge in [0.15, 0.2) is 5.60 Å². The van der Waals surface area contributed by atoms with E-state index in [0.717, 1.165) is 5.56 Å². The van der Waals surface area contributed by atoms with Crippen LogP contribution in [-0.4, -0.2) is 28.6 Å². The number of methoxy groups -OCH3 is 1. The Bertz CT molecular complexity index is 734. The zero-order valence-corrected chi connectivity index (χ0v) is 14.8. The molecule has 7 heteroatoms. The van der Waals surface area contributed by atoms with Gasteiger partial charge in [-0.1, -0.05) is 11.6 Å². The van der Waals surface area contributed by atoms with Gasteiger partial charge in [-0.3, -0.25) is 4.98 Å². The summed E-state index contributed by atoms with van der Waals surface area (Å²) in [6.45, 7) is 5.12. The molecule has 2 rings (SSSR count). The topological polar surface area (TPSA) is 70.5 Å². The lowest BCUT2D eigenvalue weighted by Gasteiger charge is -2.25. The SMILES string of the molecule is COc1cncc(COC(=O)C(C)(C)Oc2ccc(Cl)cc2C)n1. The molecule has 0 amide bonds. The minimum absolute atomic E-state index is 0.0184. The highest BCUT2D eigenvalue weighted by Crippen LogP contribution is 2.26. The summed E-state index contributed by atoms with van der Waals surface area (Å²) in [6.07, 6.45) is 2.98. The van der Waals surface area contributed by atoms with E-state index < -0.39 is 11.6 Å². The molecular weight excluding hydrogens is 332 g/mol. The highest BCUT2D eigenvalue weighted by atomic mass is 35.5. The number of ether oxygens (including phenoxy) is 3. The average molecular weight is 351 g/mol. The maximum atomic E-state index is 12.3. The third kappa shape index (κ3) is 4.58. The number of hydrogen-bond donors (Lipinski definition) is 0. The molecule has 1 aromatic carbocycles. The van der Waals surface area contributed by atoms with Gasteiger partial charge in [0, 0.05) is 5.02 Å². The number of esters is 1. The number of aryl methyl sites for hydroxylation is 1. The lowest BCUT2D eigenvalue weighted by Crippen LogP contribution is -2.39. The molecule has 0 atom stereocenters. The van der Waals surface area contributed by atoms with Crippen molar-refractivity contribution in [1.82, 2.24) is 9.97 Å². The van der Waals surface area contributed by atoms with Crippen LogP contribution in [0.15, 0.2) is 30.6 Å². The molecule has 0 saturated carbocycles. The van der Waals surface area contributed by atoms with E-state index in [1.807, 2.05) is 6.92 Å². The van der Waals surface area contributed by atoms with E-state index >= 15 is 0 Å². The van der Waals surface area contributed by atoms with Gasteiger partial charge in [-0.25, -0.2) is 9.78 Å². The van der Waals surface area contributed by atoms with E-state index in [1.54, 1.807) is 32.0 Å². The monoisotopic (exact) mass is 350 g/mol. The Balaban J connectivity index is 2.01. The molecule has 2 aromatic rings. The molecule has 0 aliphatic carbocycles. The Morgan fingerprint density at radius 1 is 1.29 bits per heavy atom. The summed E-state index contributed by atoms with van der Waals surface area (Å²) in [6, 6.07) is 5.20. The van der Waals surface area contributed by atoms with Crippen LogP contribution in [0.4, 0.5) is 0 Å². The molecule has 1 aromatic heterocycles. The second-order valence-electron chi connectivity index (χ2n) is 5.65. The minimum atomic E-state index is -1.16. The molecule has 0 bridgehead atoms. The Hall–Kier alpha value is -2.34. The van der Waals surface area contributed by atoms with Gasteiger partial charge >= 0.3 is 5.97 Å². The molecule has 0 fully saturated rings. The third-order valence-electron chi connectivity index (χ3n) is 3.22. The third-order valence-corrected chi connectivity index (χ3v) is 3.45. The second kappa shape index (κ2) is 7.49. The van der Waals surface area contributed by atoms with E-state index in [1.165, 1.54) is 19.5 Å². The molecule has 0 radical (unpaired) electrons. The summed E-state index contributed by atoms with van der Waals surface area (Å²) < 4.78 is 16.1. The molecule has 0 spiro atoms. The number of halogens is 1. The fraction of sp³-hybridized carbons (Fsp3) is 0.353. The number of hydrogen-bond acceptors (Lipinski definition) is 6. The van der Waals surface area contributed by atoms with Gasteiger partial charge in [0.25, 0.3) is 0 Å². The van der Waals surface area contributed by atoms with Crippen molar-refractivity contribution in [3.8, 4) is 11.6 Å². The number of rotatable bonds is 6. The number of benzene rings is 1. The standard InChI is InChI=1S/C17H19ClN2O4/c1-11-7-12(18)5-6-14(11)24-17(2,3)16(21)23-10-13-8-19-9-15(20-13)22-4/h5-9H,10H2,1-4H3. The van der Waals surface area contributed by atoms with E-state index in [0.29, 0.717) is 22.3 Å². The first-order valence-electron chi connectivity index (χ1n) is 7.29. The van der Waals surface area contributed by atoms with Gasteiger partial charge in [0.2, 0.25) is 5.88 Å². The van der Waals surface area contributed by atoms with Gasteiger partial charge in [-0.15, -0.1) is 0 Å². The van der Waals surface area contributed by atoms with Crippen LogP contribution in [0.2, 0.25) is 5.02 Å². The molecule has 24 heavy (non-hydrogen) atoms.